The van der Waals surface area contributed by atoms with Crippen LogP contribution in [0.4, 0.5) is 0 Å². The molecule has 0 aliphatic rings. The van der Waals surface area contributed by atoms with Gasteiger partial charge in [0, 0.05) is 0 Å². The Labute approximate surface area is 122 Å². The monoisotopic (exact) mass is 320 g/mol. The number of aliphatic hydroxyl groups is 1. The quantitative estimate of drug-likeness (QED) is 0.859. The molecule has 0 heterocycles. The third-order valence-corrected chi connectivity index (χ3v) is 3.59. The molecular weight excluding hydrogens is 304 g/mol. The summed E-state index contributed by atoms with van der Waals surface area (Å²) in [5.74, 6) is 1.55. The van der Waals surface area contributed by atoms with Gasteiger partial charge in [0.1, 0.15) is 11.5 Å². The number of ether oxygens (including phenoxy) is 1. The molecular formula is C16H17BrO2. The highest BCUT2D eigenvalue weighted by molar-refractivity contribution is 9.10. The smallest absolute Gasteiger partial charge is 0.141 e. The zero-order valence-corrected chi connectivity index (χ0v) is 12.6. The third-order valence-electron chi connectivity index (χ3n) is 2.97. The van der Waals surface area contributed by atoms with Crippen LogP contribution in [0.15, 0.2) is 46.9 Å². The zero-order chi connectivity index (χ0) is 13.8. The molecule has 0 fully saturated rings. The number of benzene rings is 2. The van der Waals surface area contributed by atoms with Gasteiger partial charge in [-0.1, -0.05) is 25.1 Å². The van der Waals surface area contributed by atoms with Crippen molar-refractivity contribution in [2.45, 2.75) is 26.4 Å². The SMILES string of the molecule is CC[C@@H](O)c1ccc(Oc2ccc(C)cc2Br)cc1. The largest absolute Gasteiger partial charge is 0.456 e. The molecule has 19 heavy (non-hydrogen) atoms. The van der Waals surface area contributed by atoms with E-state index >= 15 is 0 Å². The Hall–Kier alpha value is -1.32. The fraction of sp³-hybridized carbons (Fsp3) is 0.250. The molecule has 0 unspecified atom stereocenters. The second kappa shape index (κ2) is 6.22. The van der Waals surface area contributed by atoms with E-state index in [2.05, 4.69) is 15.9 Å². The summed E-state index contributed by atoms with van der Waals surface area (Å²) in [4.78, 5) is 0. The Balaban J connectivity index is 2.15. The van der Waals surface area contributed by atoms with Gasteiger partial charge < -0.3 is 9.84 Å². The third kappa shape index (κ3) is 3.58. The predicted octanol–water partition coefficient (Wildman–Crippen LogP) is 4.99. The van der Waals surface area contributed by atoms with Crippen molar-refractivity contribution in [1.82, 2.24) is 0 Å². The van der Waals surface area contributed by atoms with Crippen LogP contribution in [0.3, 0.4) is 0 Å². The van der Waals surface area contributed by atoms with Gasteiger partial charge in [0.2, 0.25) is 0 Å². The topological polar surface area (TPSA) is 29.5 Å². The average molecular weight is 321 g/mol. The lowest BCUT2D eigenvalue weighted by molar-refractivity contribution is 0.173. The Morgan fingerprint density at radius 2 is 1.84 bits per heavy atom. The summed E-state index contributed by atoms with van der Waals surface area (Å²) >= 11 is 3.49. The van der Waals surface area contributed by atoms with Gasteiger partial charge >= 0.3 is 0 Å². The Bertz CT molecular complexity index is 549. The molecule has 1 atom stereocenters. The van der Waals surface area contributed by atoms with Crippen LogP contribution < -0.4 is 4.74 Å². The zero-order valence-electron chi connectivity index (χ0n) is 11.1. The van der Waals surface area contributed by atoms with Gasteiger partial charge in [-0.15, -0.1) is 0 Å². The van der Waals surface area contributed by atoms with Crippen LogP contribution in [0.2, 0.25) is 0 Å². The maximum absolute atomic E-state index is 9.74. The van der Waals surface area contributed by atoms with E-state index in [0.29, 0.717) is 6.42 Å². The lowest BCUT2D eigenvalue weighted by Gasteiger charge is -2.11. The van der Waals surface area contributed by atoms with Crippen molar-refractivity contribution in [1.29, 1.82) is 0 Å². The molecule has 2 rings (SSSR count). The number of aryl methyl sites for hydroxylation is 1. The van der Waals surface area contributed by atoms with Gasteiger partial charge in [0.05, 0.1) is 10.6 Å². The molecule has 0 bridgehead atoms. The molecule has 2 aromatic carbocycles. The van der Waals surface area contributed by atoms with E-state index in [0.717, 1.165) is 21.5 Å². The number of hydrogen-bond acceptors (Lipinski definition) is 2. The Morgan fingerprint density at radius 1 is 1.16 bits per heavy atom. The van der Waals surface area contributed by atoms with Gasteiger partial charge in [-0.05, 0) is 64.7 Å². The molecule has 0 amide bonds. The highest BCUT2D eigenvalue weighted by atomic mass is 79.9. The van der Waals surface area contributed by atoms with Crippen LogP contribution in [-0.2, 0) is 0 Å². The summed E-state index contributed by atoms with van der Waals surface area (Å²) in [5.41, 5.74) is 2.10. The van der Waals surface area contributed by atoms with Crippen LogP contribution in [0.25, 0.3) is 0 Å². The van der Waals surface area contributed by atoms with E-state index in [-0.39, 0.29) is 0 Å². The summed E-state index contributed by atoms with van der Waals surface area (Å²) < 4.78 is 6.74. The average Bonchev–Trinajstić information content (AvgIpc) is 2.42. The molecule has 2 nitrogen and oxygen atoms in total. The summed E-state index contributed by atoms with van der Waals surface area (Å²) in [5, 5.41) is 9.74. The molecule has 0 aliphatic carbocycles. The highest BCUT2D eigenvalue weighted by Crippen LogP contribution is 2.31. The molecule has 0 saturated carbocycles. The van der Waals surface area contributed by atoms with Gasteiger partial charge in [0.15, 0.2) is 0 Å². The first-order valence-corrected chi connectivity index (χ1v) is 7.11. The van der Waals surface area contributed by atoms with Crippen LogP contribution in [-0.4, -0.2) is 5.11 Å². The number of halogens is 1. The summed E-state index contributed by atoms with van der Waals surface area (Å²) in [6.07, 6.45) is 0.309. The molecule has 0 radical (unpaired) electrons. The van der Waals surface area contributed by atoms with E-state index in [1.165, 1.54) is 5.56 Å². The molecule has 0 aromatic heterocycles. The maximum atomic E-state index is 9.74. The molecule has 100 valence electrons. The first-order chi connectivity index (χ1) is 9.10. The van der Waals surface area contributed by atoms with Gasteiger partial charge in [-0.2, -0.15) is 0 Å². The number of hydrogen-bond donors (Lipinski definition) is 1. The summed E-state index contributed by atoms with van der Waals surface area (Å²) in [7, 11) is 0. The van der Waals surface area contributed by atoms with Crippen molar-refractivity contribution in [2.75, 3.05) is 0 Å². The van der Waals surface area contributed by atoms with Crippen LogP contribution >= 0.6 is 15.9 Å². The second-order valence-corrected chi connectivity index (χ2v) is 5.38. The first kappa shape index (κ1) is 14.1. The molecule has 3 heteroatoms. The van der Waals surface area contributed by atoms with Crippen LogP contribution in [0.1, 0.15) is 30.6 Å². The van der Waals surface area contributed by atoms with E-state index in [1.807, 2.05) is 56.3 Å². The summed E-state index contributed by atoms with van der Waals surface area (Å²) in [6, 6.07) is 13.5. The van der Waals surface area contributed by atoms with Gasteiger partial charge in [-0.3, -0.25) is 0 Å². The van der Waals surface area contributed by atoms with Crippen LogP contribution in [0.5, 0.6) is 11.5 Å². The molecule has 0 saturated heterocycles. The van der Waals surface area contributed by atoms with Crippen molar-refractivity contribution < 1.29 is 9.84 Å². The maximum Gasteiger partial charge on any atom is 0.141 e. The minimum absolute atomic E-state index is 0.403. The minimum Gasteiger partial charge on any atom is -0.456 e. The lowest BCUT2D eigenvalue weighted by atomic mass is 10.1. The summed E-state index contributed by atoms with van der Waals surface area (Å²) in [6.45, 7) is 3.99. The molecule has 2 aromatic rings. The Kier molecular flexibility index (Phi) is 4.61. The van der Waals surface area contributed by atoms with Crippen molar-refractivity contribution in [3.05, 3.63) is 58.1 Å². The van der Waals surface area contributed by atoms with Gasteiger partial charge in [0.25, 0.3) is 0 Å². The first-order valence-electron chi connectivity index (χ1n) is 6.32. The standard InChI is InChI=1S/C16H17BrO2/c1-3-15(18)12-5-7-13(8-6-12)19-16-9-4-11(2)10-14(16)17/h4-10,15,18H,3H2,1-2H3/t15-/m1/s1. The van der Waals surface area contributed by atoms with Crippen molar-refractivity contribution in [3.8, 4) is 11.5 Å². The lowest BCUT2D eigenvalue weighted by Crippen LogP contribution is -1.94. The predicted molar refractivity (Wildman–Crippen MR) is 80.6 cm³/mol. The second-order valence-electron chi connectivity index (χ2n) is 4.53. The van der Waals surface area contributed by atoms with E-state index < -0.39 is 6.10 Å². The van der Waals surface area contributed by atoms with E-state index in [1.54, 1.807) is 0 Å². The van der Waals surface area contributed by atoms with Crippen molar-refractivity contribution >= 4 is 15.9 Å². The molecule has 0 aliphatic heterocycles. The molecule has 1 N–H and O–H groups in total. The fourth-order valence-corrected chi connectivity index (χ4v) is 2.38. The number of aliphatic hydroxyl groups excluding tert-OH is 1. The van der Waals surface area contributed by atoms with E-state index in [9.17, 15) is 5.11 Å². The van der Waals surface area contributed by atoms with Crippen molar-refractivity contribution in [2.24, 2.45) is 0 Å². The van der Waals surface area contributed by atoms with Crippen molar-refractivity contribution in [3.63, 3.8) is 0 Å². The normalized spacial score (nSPS) is 12.2. The fourth-order valence-electron chi connectivity index (χ4n) is 1.81. The number of rotatable bonds is 4. The van der Waals surface area contributed by atoms with Gasteiger partial charge in [-0.25, -0.2) is 0 Å². The highest BCUT2D eigenvalue weighted by Gasteiger charge is 2.06. The van der Waals surface area contributed by atoms with Crippen LogP contribution in [0, 0.1) is 6.92 Å². The Morgan fingerprint density at radius 3 is 2.42 bits per heavy atom. The minimum atomic E-state index is -0.403. The van der Waals surface area contributed by atoms with E-state index in [4.69, 9.17) is 4.74 Å². The molecule has 0 spiro atoms.